The lowest BCUT2D eigenvalue weighted by atomic mass is 10.1. The van der Waals surface area contributed by atoms with Crippen molar-refractivity contribution in [3.63, 3.8) is 0 Å². The molecule has 0 radical (unpaired) electrons. The molecule has 3 rings (SSSR count). The fourth-order valence-electron chi connectivity index (χ4n) is 2.34. The fraction of sp³-hybridized carbons (Fsp3) is 0.111. The van der Waals surface area contributed by atoms with Gasteiger partial charge < -0.3 is 14.8 Å². The number of aromatic hydroxyl groups is 1. The SMILES string of the molecule is CCOc1ccc(-c2cc(-c3ccccc3O)[nH]c(=S)n2)cc1. The van der Waals surface area contributed by atoms with Gasteiger partial charge in [-0.1, -0.05) is 12.1 Å². The number of aromatic nitrogens is 2. The van der Waals surface area contributed by atoms with Gasteiger partial charge >= 0.3 is 0 Å². The van der Waals surface area contributed by atoms with Crippen molar-refractivity contribution < 1.29 is 9.84 Å². The summed E-state index contributed by atoms with van der Waals surface area (Å²) in [7, 11) is 0. The normalized spacial score (nSPS) is 10.5. The third-order valence-electron chi connectivity index (χ3n) is 3.40. The summed E-state index contributed by atoms with van der Waals surface area (Å²) in [5.74, 6) is 1.01. The van der Waals surface area contributed by atoms with Gasteiger partial charge in [0, 0.05) is 11.1 Å². The summed E-state index contributed by atoms with van der Waals surface area (Å²) in [6, 6.07) is 16.7. The van der Waals surface area contributed by atoms with Gasteiger partial charge in [-0.3, -0.25) is 0 Å². The van der Waals surface area contributed by atoms with Gasteiger partial charge in [-0.05, 0) is 61.6 Å². The van der Waals surface area contributed by atoms with Crippen molar-refractivity contribution in [3.05, 3.63) is 59.4 Å². The number of para-hydroxylation sites is 1. The number of nitrogens with zero attached hydrogens (tertiary/aromatic N) is 1. The monoisotopic (exact) mass is 324 g/mol. The maximum absolute atomic E-state index is 10.0. The number of phenolic OH excluding ortho intramolecular Hbond substituents is 1. The van der Waals surface area contributed by atoms with E-state index in [0.717, 1.165) is 22.7 Å². The van der Waals surface area contributed by atoms with E-state index in [2.05, 4.69) is 9.97 Å². The highest BCUT2D eigenvalue weighted by Crippen LogP contribution is 2.29. The Morgan fingerprint density at radius 2 is 1.87 bits per heavy atom. The van der Waals surface area contributed by atoms with Crippen molar-refractivity contribution in [1.29, 1.82) is 0 Å². The number of hydrogen-bond acceptors (Lipinski definition) is 4. The van der Waals surface area contributed by atoms with Crippen LogP contribution in [0.3, 0.4) is 0 Å². The number of nitrogens with one attached hydrogen (secondary N) is 1. The van der Waals surface area contributed by atoms with Crippen LogP contribution in [0.25, 0.3) is 22.5 Å². The number of ether oxygens (including phenoxy) is 1. The van der Waals surface area contributed by atoms with Gasteiger partial charge in [-0.15, -0.1) is 0 Å². The second-order valence-corrected chi connectivity index (χ2v) is 5.35. The molecule has 5 heteroatoms. The molecule has 0 fully saturated rings. The molecule has 0 aliphatic carbocycles. The van der Waals surface area contributed by atoms with Crippen LogP contribution < -0.4 is 4.74 Å². The quantitative estimate of drug-likeness (QED) is 0.690. The van der Waals surface area contributed by atoms with E-state index in [9.17, 15) is 5.11 Å². The molecule has 0 saturated heterocycles. The summed E-state index contributed by atoms with van der Waals surface area (Å²) in [5.41, 5.74) is 3.10. The largest absolute Gasteiger partial charge is 0.507 e. The van der Waals surface area contributed by atoms with Crippen molar-refractivity contribution in [2.45, 2.75) is 6.92 Å². The van der Waals surface area contributed by atoms with Gasteiger partial charge in [0.25, 0.3) is 0 Å². The first kappa shape index (κ1) is 15.2. The molecule has 2 aromatic carbocycles. The van der Waals surface area contributed by atoms with Gasteiger partial charge in [0.15, 0.2) is 4.77 Å². The third kappa shape index (κ3) is 3.40. The molecule has 4 nitrogen and oxygen atoms in total. The zero-order valence-electron chi connectivity index (χ0n) is 12.6. The van der Waals surface area contributed by atoms with E-state index in [-0.39, 0.29) is 5.75 Å². The molecular formula is C18H16N2O2S. The maximum Gasteiger partial charge on any atom is 0.197 e. The van der Waals surface area contributed by atoms with Crippen molar-refractivity contribution in [1.82, 2.24) is 9.97 Å². The fourth-order valence-corrected chi connectivity index (χ4v) is 2.55. The summed E-state index contributed by atoms with van der Waals surface area (Å²) in [6.45, 7) is 2.58. The van der Waals surface area contributed by atoms with Crippen molar-refractivity contribution in [2.75, 3.05) is 6.61 Å². The molecule has 0 atom stereocenters. The van der Waals surface area contributed by atoms with Gasteiger partial charge in [0.2, 0.25) is 0 Å². The highest BCUT2D eigenvalue weighted by Gasteiger charge is 2.08. The molecule has 0 aliphatic rings. The van der Waals surface area contributed by atoms with Gasteiger partial charge in [-0.25, -0.2) is 4.98 Å². The summed E-state index contributed by atoms with van der Waals surface area (Å²) in [4.78, 5) is 7.40. The van der Waals surface area contributed by atoms with E-state index in [1.165, 1.54) is 0 Å². The van der Waals surface area contributed by atoms with Gasteiger partial charge in [0.05, 0.1) is 18.0 Å². The molecule has 3 aromatic rings. The Kier molecular flexibility index (Phi) is 4.39. The zero-order valence-corrected chi connectivity index (χ0v) is 13.4. The van der Waals surface area contributed by atoms with Crippen molar-refractivity contribution >= 4 is 12.2 Å². The minimum atomic E-state index is 0.196. The van der Waals surface area contributed by atoms with E-state index in [1.807, 2.05) is 49.4 Å². The van der Waals surface area contributed by atoms with Crippen LogP contribution in [-0.4, -0.2) is 21.7 Å². The molecule has 0 unspecified atom stereocenters. The molecule has 23 heavy (non-hydrogen) atoms. The first-order valence-electron chi connectivity index (χ1n) is 7.30. The summed E-state index contributed by atoms with van der Waals surface area (Å²) >= 11 is 5.22. The molecule has 0 aliphatic heterocycles. The molecule has 1 aromatic heterocycles. The number of phenols is 1. The standard InChI is InChI=1S/C18H16N2O2S/c1-2-22-13-9-7-12(8-10-13)15-11-16(20-18(23)19-15)14-5-3-4-6-17(14)21/h3-11,21H,2H2,1H3,(H,19,20,23). The molecule has 0 bridgehead atoms. The van der Waals surface area contributed by atoms with Crippen LogP contribution in [0.1, 0.15) is 6.92 Å². The molecule has 0 saturated carbocycles. The number of hydrogen-bond donors (Lipinski definition) is 2. The Labute approximate surface area is 139 Å². The third-order valence-corrected chi connectivity index (χ3v) is 3.59. The van der Waals surface area contributed by atoms with Crippen LogP contribution in [0.5, 0.6) is 11.5 Å². The van der Waals surface area contributed by atoms with E-state index < -0.39 is 0 Å². The lowest BCUT2D eigenvalue weighted by molar-refractivity contribution is 0.340. The van der Waals surface area contributed by atoms with Crippen LogP contribution in [0, 0.1) is 4.77 Å². The predicted octanol–water partition coefficient (Wildman–Crippen LogP) is 4.58. The first-order valence-corrected chi connectivity index (χ1v) is 7.71. The van der Waals surface area contributed by atoms with Gasteiger partial charge in [-0.2, -0.15) is 0 Å². The summed E-state index contributed by atoms with van der Waals surface area (Å²) < 4.78 is 5.82. The Hall–Kier alpha value is -2.66. The van der Waals surface area contributed by atoms with E-state index in [1.54, 1.807) is 12.1 Å². The zero-order chi connectivity index (χ0) is 16.2. The molecule has 0 spiro atoms. The van der Waals surface area contributed by atoms with Crippen molar-refractivity contribution in [3.8, 4) is 34.0 Å². The van der Waals surface area contributed by atoms with E-state index >= 15 is 0 Å². The number of rotatable bonds is 4. The van der Waals surface area contributed by atoms with Crippen LogP contribution in [0.2, 0.25) is 0 Å². The summed E-state index contributed by atoms with van der Waals surface area (Å²) in [6.07, 6.45) is 0. The van der Waals surface area contributed by atoms with Crippen molar-refractivity contribution in [2.24, 2.45) is 0 Å². The number of benzene rings is 2. The molecule has 2 N–H and O–H groups in total. The lowest BCUT2D eigenvalue weighted by Gasteiger charge is -2.08. The van der Waals surface area contributed by atoms with Crippen LogP contribution in [0.15, 0.2) is 54.6 Å². The number of aromatic amines is 1. The first-order chi connectivity index (χ1) is 11.2. The average molecular weight is 324 g/mol. The maximum atomic E-state index is 10.0. The highest BCUT2D eigenvalue weighted by molar-refractivity contribution is 7.71. The van der Waals surface area contributed by atoms with Gasteiger partial charge in [0.1, 0.15) is 11.5 Å². The highest BCUT2D eigenvalue weighted by atomic mass is 32.1. The van der Waals surface area contributed by atoms with Crippen LogP contribution >= 0.6 is 12.2 Å². The second kappa shape index (κ2) is 6.62. The minimum Gasteiger partial charge on any atom is -0.507 e. The van der Waals surface area contributed by atoms with Crippen LogP contribution in [0.4, 0.5) is 0 Å². The predicted molar refractivity (Wildman–Crippen MR) is 93.1 cm³/mol. The minimum absolute atomic E-state index is 0.196. The summed E-state index contributed by atoms with van der Waals surface area (Å²) in [5, 5.41) is 10.0. The number of H-pyrrole nitrogens is 1. The average Bonchev–Trinajstić information content (AvgIpc) is 2.56. The molecule has 1 heterocycles. The molecule has 0 amide bonds. The van der Waals surface area contributed by atoms with E-state index in [4.69, 9.17) is 17.0 Å². The van der Waals surface area contributed by atoms with E-state index in [0.29, 0.717) is 16.9 Å². The molecule has 116 valence electrons. The topological polar surface area (TPSA) is 58.1 Å². The Morgan fingerprint density at radius 3 is 2.57 bits per heavy atom. The Balaban J connectivity index is 2.04. The second-order valence-electron chi connectivity index (χ2n) is 4.96. The Bertz CT molecular complexity index is 873. The molecular weight excluding hydrogens is 308 g/mol. The van der Waals surface area contributed by atoms with Crippen LogP contribution in [-0.2, 0) is 0 Å². The lowest BCUT2D eigenvalue weighted by Crippen LogP contribution is -1.93. The smallest absolute Gasteiger partial charge is 0.197 e. The Morgan fingerprint density at radius 1 is 1.13 bits per heavy atom.